The first-order valence-electron chi connectivity index (χ1n) is 5.57. The van der Waals surface area contributed by atoms with Crippen molar-refractivity contribution in [3.05, 3.63) is 0 Å². The fraction of sp³-hybridized carbons (Fsp3) is 1.00. The molecule has 0 aliphatic rings. The molecule has 2 nitrogen and oxygen atoms in total. The normalized spacial score (nSPS) is 13.6. The summed E-state index contributed by atoms with van der Waals surface area (Å²) in [5, 5.41) is 8.66. The molecule has 0 amide bonds. The van der Waals surface area contributed by atoms with Crippen LogP contribution in [0.3, 0.4) is 0 Å². The molecule has 0 rings (SSSR count). The van der Waals surface area contributed by atoms with Crippen molar-refractivity contribution in [2.24, 2.45) is 0 Å². The highest BCUT2D eigenvalue weighted by atomic mass is 16.2. The van der Waals surface area contributed by atoms with Gasteiger partial charge in [-0.15, -0.1) is 0 Å². The molecule has 0 fully saturated rings. The number of nitrogens with zero attached hydrogens (tertiary/aromatic N) is 1. The molecule has 0 aliphatic heterocycles. The molecule has 0 aromatic heterocycles. The highest BCUT2D eigenvalue weighted by Gasteiger charge is 2.10. The Hall–Kier alpha value is -0.0800. The molecule has 13 heavy (non-hydrogen) atoms. The molecule has 0 bridgehead atoms. The summed E-state index contributed by atoms with van der Waals surface area (Å²) in [6.07, 6.45) is 5.86. The van der Waals surface area contributed by atoms with Gasteiger partial charge in [-0.05, 0) is 39.3 Å². The van der Waals surface area contributed by atoms with E-state index in [1.807, 2.05) is 0 Å². The van der Waals surface area contributed by atoms with Gasteiger partial charge in [0.1, 0.15) is 0 Å². The summed E-state index contributed by atoms with van der Waals surface area (Å²) in [4.78, 5) is 2.43. The van der Waals surface area contributed by atoms with E-state index in [2.05, 4.69) is 25.8 Å². The topological polar surface area (TPSA) is 23.5 Å². The van der Waals surface area contributed by atoms with Crippen molar-refractivity contribution < 1.29 is 5.11 Å². The average molecular weight is 187 g/mol. The lowest BCUT2D eigenvalue weighted by Crippen LogP contribution is -2.31. The number of unbranched alkanes of at least 4 members (excludes halogenated alkanes) is 1. The Labute approximate surface area is 82.9 Å². The van der Waals surface area contributed by atoms with Crippen molar-refractivity contribution in [3.8, 4) is 0 Å². The summed E-state index contributed by atoms with van der Waals surface area (Å²) in [6.45, 7) is 5.95. The van der Waals surface area contributed by atoms with Crippen LogP contribution in [-0.2, 0) is 0 Å². The van der Waals surface area contributed by atoms with E-state index < -0.39 is 0 Å². The van der Waals surface area contributed by atoms with Crippen LogP contribution in [0.1, 0.15) is 46.0 Å². The zero-order chi connectivity index (χ0) is 10.1. The van der Waals surface area contributed by atoms with E-state index in [0.29, 0.717) is 6.61 Å². The van der Waals surface area contributed by atoms with Crippen LogP contribution in [0.2, 0.25) is 0 Å². The van der Waals surface area contributed by atoms with Crippen LogP contribution in [0, 0.1) is 0 Å². The zero-order valence-corrected chi connectivity index (χ0v) is 9.42. The van der Waals surface area contributed by atoms with E-state index in [9.17, 15) is 0 Å². The first-order valence-corrected chi connectivity index (χ1v) is 5.57. The summed E-state index contributed by atoms with van der Waals surface area (Å²) in [6, 6.07) is 0.740. The predicted octanol–water partition coefficient (Wildman–Crippen LogP) is 2.27. The van der Waals surface area contributed by atoms with Crippen LogP contribution >= 0.6 is 0 Å². The van der Waals surface area contributed by atoms with E-state index in [4.69, 9.17) is 5.11 Å². The zero-order valence-electron chi connectivity index (χ0n) is 9.42. The second-order valence-corrected chi connectivity index (χ2v) is 3.76. The standard InChI is InChI=1S/C11H25NO/c1-4-8-11(5-2)12(3)9-6-7-10-13/h11,13H,4-10H2,1-3H3. The third-order valence-corrected chi connectivity index (χ3v) is 2.64. The number of aliphatic hydroxyl groups is 1. The maximum atomic E-state index is 8.66. The summed E-state index contributed by atoms with van der Waals surface area (Å²) in [5.41, 5.74) is 0. The summed E-state index contributed by atoms with van der Waals surface area (Å²) in [7, 11) is 2.20. The van der Waals surface area contributed by atoms with Crippen molar-refractivity contribution in [1.29, 1.82) is 0 Å². The molecule has 0 spiro atoms. The van der Waals surface area contributed by atoms with Gasteiger partial charge in [0.05, 0.1) is 0 Å². The number of aliphatic hydroxyl groups excluding tert-OH is 1. The molecule has 1 unspecified atom stereocenters. The quantitative estimate of drug-likeness (QED) is 0.589. The third-order valence-electron chi connectivity index (χ3n) is 2.64. The number of hydrogen-bond donors (Lipinski definition) is 1. The van der Waals surface area contributed by atoms with Gasteiger partial charge in [0, 0.05) is 12.6 Å². The number of rotatable bonds is 8. The maximum Gasteiger partial charge on any atom is 0.0431 e. The van der Waals surface area contributed by atoms with Crippen molar-refractivity contribution in [2.45, 2.75) is 52.0 Å². The van der Waals surface area contributed by atoms with Gasteiger partial charge in [0.2, 0.25) is 0 Å². The first-order chi connectivity index (χ1) is 6.26. The molecule has 80 valence electrons. The van der Waals surface area contributed by atoms with Gasteiger partial charge < -0.3 is 10.0 Å². The molecule has 0 aromatic carbocycles. The molecule has 0 saturated carbocycles. The van der Waals surface area contributed by atoms with Crippen LogP contribution in [0.25, 0.3) is 0 Å². The molecular weight excluding hydrogens is 162 g/mol. The van der Waals surface area contributed by atoms with E-state index in [1.54, 1.807) is 0 Å². The summed E-state index contributed by atoms with van der Waals surface area (Å²) < 4.78 is 0. The Morgan fingerprint density at radius 2 is 1.92 bits per heavy atom. The minimum atomic E-state index is 0.332. The van der Waals surface area contributed by atoms with Crippen LogP contribution < -0.4 is 0 Å². The molecule has 2 heteroatoms. The van der Waals surface area contributed by atoms with Crippen molar-refractivity contribution >= 4 is 0 Å². The predicted molar refractivity (Wildman–Crippen MR) is 57.9 cm³/mol. The SMILES string of the molecule is CCCC(CC)N(C)CCCCO. The molecule has 0 aliphatic carbocycles. The minimum Gasteiger partial charge on any atom is -0.396 e. The second-order valence-electron chi connectivity index (χ2n) is 3.76. The maximum absolute atomic E-state index is 8.66. The van der Waals surface area contributed by atoms with Gasteiger partial charge in [-0.2, -0.15) is 0 Å². The molecule has 0 aromatic rings. The average Bonchev–Trinajstić information content (AvgIpc) is 2.14. The van der Waals surface area contributed by atoms with Gasteiger partial charge in [0.25, 0.3) is 0 Å². The fourth-order valence-electron chi connectivity index (χ4n) is 1.72. The molecule has 0 saturated heterocycles. The van der Waals surface area contributed by atoms with Crippen LogP contribution in [-0.4, -0.2) is 36.2 Å². The van der Waals surface area contributed by atoms with E-state index in [-0.39, 0.29) is 0 Å². The molecular formula is C11H25NO. The molecule has 1 N–H and O–H groups in total. The second kappa shape index (κ2) is 8.52. The Bertz CT molecular complexity index is 106. The summed E-state index contributed by atoms with van der Waals surface area (Å²) >= 11 is 0. The van der Waals surface area contributed by atoms with Crippen molar-refractivity contribution in [3.63, 3.8) is 0 Å². The third kappa shape index (κ3) is 6.05. The molecule has 0 radical (unpaired) electrons. The van der Waals surface area contributed by atoms with Gasteiger partial charge in [-0.3, -0.25) is 0 Å². The Morgan fingerprint density at radius 1 is 1.23 bits per heavy atom. The van der Waals surface area contributed by atoms with Gasteiger partial charge >= 0.3 is 0 Å². The summed E-state index contributed by atoms with van der Waals surface area (Å²) in [5.74, 6) is 0. The first kappa shape index (κ1) is 12.9. The Morgan fingerprint density at radius 3 is 2.38 bits per heavy atom. The highest BCUT2D eigenvalue weighted by Crippen LogP contribution is 2.09. The monoisotopic (exact) mass is 187 g/mol. The van der Waals surface area contributed by atoms with Gasteiger partial charge in [-0.25, -0.2) is 0 Å². The fourth-order valence-corrected chi connectivity index (χ4v) is 1.72. The molecule has 1 atom stereocenters. The van der Waals surface area contributed by atoms with E-state index >= 15 is 0 Å². The van der Waals surface area contributed by atoms with Crippen molar-refractivity contribution in [1.82, 2.24) is 4.90 Å². The van der Waals surface area contributed by atoms with Crippen LogP contribution in [0.4, 0.5) is 0 Å². The lowest BCUT2D eigenvalue weighted by molar-refractivity contribution is 0.207. The lowest BCUT2D eigenvalue weighted by atomic mass is 10.1. The Balaban J connectivity index is 3.57. The van der Waals surface area contributed by atoms with E-state index in [0.717, 1.165) is 25.4 Å². The van der Waals surface area contributed by atoms with Crippen LogP contribution in [0.15, 0.2) is 0 Å². The lowest BCUT2D eigenvalue weighted by Gasteiger charge is -2.26. The number of hydrogen-bond acceptors (Lipinski definition) is 2. The largest absolute Gasteiger partial charge is 0.396 e. The van der Waals surface area contributed by atoms with Crippen LogP contribution in [0.5, 0.6) is 0 Å². The minimum absolute atomic E-state index is 0.332. The van der Waals surface area contributed by atoms with Gasteiger partial charge in [0.15, 0.2) is 0 Å². The van der Waals surface area contributed by atoms with E-state index in [1.165, 1.54) is 19.3 Å². The van der Waals surface area contributed by atoms with Gasteiger partial charge in [-0.1, -0.05) is 20.3 Å². The van der Waals surface area contributed by atoms with Crippen molar-refractivity contribution in [2.75, 3.05) is 20.2 Å². The smallest absolute Gasteiger partial charge is 0.0431 e. The highest BCUT2D eigenvalue weighted by molar-refractivity contribution is 4.66. The molecule has 0 heterocycles. The Kier molecular flexibility index (Phi) is 8.46.